The summed E-state index contributed by atoms with van der Waals surface area (Å²) in [5, 5.41) is 2.73. The summed E-state index contributed by atoms with van der Waals surface area (Å²) < 4.78 is 50.6. The summed E-state index contributed by atoms with van der Waals surface area (Å²) in [7, 11) is 0. The third-order valence-electron chi connectivity index (χ3n) is 7.66. The van der Waals surface area contributed by atoms with Crippen molar-refractivity contribution in [1.82, 2.24) is 20.0 Å². The molecule has 9 nitrogen and oxygen atoms in total. The van der Waals surface area contributed by atoms with E-state index in [1.165, 1.54) is 12.1 Å². The van der Waals surface area contributed by atoms with Gasteiger partial charge in [0, 0.05) is 11.0 Å². The number of aryl methyl sites for hydroxylation is 1. The van der Waals surface area contributed by atoms with Gasteiger partial charge in [-0.1, -0.05) is 34.1 Å². The maximum atomic E-state index is 15.5. The van der Waals surface area contributed by atoms with Gasteiger partial charge < -0.3 is 15.0 Å². The molecule has 0 radical (unpaired) electrons. The van der Waals surface area contributed by atoms with Crippen molar-refractivity contribution in [2.24, 2.45) is 0 Å². The molecule has 0 aromatic heterocycles. The number of imide groups is 1. The highest BCUT2D eigenvalue weighted by Gasteiger charge is 2.57. The van der Waals surface area contributed by atoms with E-state index in [1.54, 1.807) is 32.9 Å². The predicted molar refractivity (Wildman–Crippen MR) is 148 cm³/mol. The second-order valence-electron chi connectivity index (χ2n) is 11.8. The minimum Gasteiger partial charge on any atom is -0.444 e. The number of nitrogens with one attached hydrogen (secondary N) is 1. The number of ether oxygens (including phenoxy) is 1. The van der Waals surface area contributed by atoms with Crippen LogP contribution < -0.4 is 5.32 Å². The number of fused-ring (bicyclic) bond motifs is 2. The molecule has 2 atom stereocenters. The molecule has 1 aliphatic carbocycles. The Morgan fingerprint density at radius 1 is 1.14 bits per heavy atom. The third-order valence-corrected chi connectivity index (χ3v) is 8.16. The minimum absolute atomic E-state index is 0.291. The Bertz CT molecular complexity index is 1450. The van der Waals surface area contributed by atoms with Gasteiger partial charge in [-0.2, -0.15) is 0 Å². The zero-order valence-electron chi connectivity index (χ0n) is 23.3. The van der Waals surface area contributed by atoms with Crippen molar-refractivity contribution in [3.63, 3.8) is 0 Å². The third kappa shape index (κ3) is 5.58. The molecule has 2 saturated heterocycles. The first-order valence-electron chi connectivity index (χ1n) is 13.4. The fourth-order valence-corrected chi connectivity index (χ4v) is 6.12. The lowest BCUT2D eigenvalue weighted by Gasteiger charge is -2.33. The number of hydrogen-bond donors (Lipinski definition) is 1. The number of carbonyl (C=O) groups is 4. The zero-order chi connectivity index (χ0) is 30.6. The minimum atomic E-state index is -3.54. The van der Waals surface area contributed by atoms with Gasteiger partial charge in [-0.15, -0.1) is 0 Å². The topological polar surface area (TPSA) is 99.3 Å². The average Bonchev–Trinajstić information content (AvgIpc) is 3.49. The molecule has 1 unspecified atom stereocenters. The molecule has 42 heavy (non-hydrogen) atoms. The van der Waals surface area contributed by atoms with E-state index in [0.29, 0.717) is 24.0 Å². The van der Waals surface area contributed by atoms with E-state index in [0.717, 1.165) is 36.9 Å². The predicted octanol–water partition coefficient (Wildman–Crippen LogP) is 4.56. The van der Waals surface area contributed by atoms with Crippen molar-refractivity contribution in [2.75, 3.05) is 19.6 Å². The van der Waals surface area contributed by atoms with Gasteiger partial charge in [-0.25, -0.2) is 22.8 Å². The van der Waals surface area contributed by atoms with E-state index in [4.69, 9.17) is 4.74 Å². The van der Waals surface area contributed by atoms with E-state index in [-0.39, 0.29) is 6.54 Å². The van der Waals surface area contributed by atoms with Crippen LogP contribution in [-0.2, 0) is 32.8 Å². The molecule has 1 N–H and O–H groups in total. The molecule has 2 fully saturated rings. The smallest absolute Gasteiger partial charge is 0.410 e. The van der Waals surface area contributed by atoms with Gasteiger partial charge >= 0.3 is 12.1 Å². The van der Waals surface area contributed by atoms with Gasteiger partial charge in [0.25, 0.3) is 11.8 Å². The molecule has 5 rings (SSSR count). The second-order valence-corrected chi connectivity index (χ2v) is 12.7. The fraction of sp³-hybridized carbons (Fsp3) is 0.448. The Labute approximate surface area is 249 Å². The lowest BCUT2D eigenvalue weighted by Crippen LogP contribution is -2.53. The summed E-state index contributed by atoms with van der Waals surface area (Å²) in [6.07, 6.45) is -0.145. The van der Waals surface area contributed by atoms with Crippen LogP contribution in [-0.4, -0.2) is 75.8 Å². The molecule has 2 aliphatic heterocycles. The number of carbonyl (C=O) groups excluding carboxylic acids is 4. The Hall–Kier alpha value is -3.61. The molecule has 2 aromatic rings. The van der Waals surface area contributed by atoms with Crippen LogP contribution in [0.2, 0.25) is 0 Å². The lowest BCUT2D eigenvalue weighted by molar-refractivity contribution is -0.146. The van der Waals surface area contributed by atoms with Crippen molar-refractivity contribution in [3.05, 3.63) is 69.4 Å². The maximum absolute atomic E-state index is 15.5. The number of alkyl halides is 2. The van der Waals surface area contributed by atoms with Crippen molar-refractivity contribution in [2.45, 2.75) is 63.3 Å². The van der Waals surface area contributed by atoms with Crippen molar-refractivity contribution >= 4 is 39.9 Å². The van der Waals surface area contributed by atoms with Crippen LogP contribution in [0.4, 0.5) is 22.8 Å². The molecule has 0 saturated carbocycles. The molecule has 5 amide bonds. The number of halogens is 4. The zero-order valence-corrected chi connectivity index (χ0v) is 24.8. The maximum Gasteiger partial charge on any atom is 0.410 e. The average molecular weight is 651 g/mol. The van der Waals surface area contributed by atoms with E-state index in [2.05, 4.69) is 21.2 Å². The molecule has 13 heteroatoms. The molecule has 3 aliphatic rings. The Morgan fingerprint density at radius 2 is 1.83 bits per heavy atom. The van der Waals surface area contributed by atoms with Gasteiger partial charge in [0.15, 0.2) is 0 Å². The SMILES string of the molecule is CC(C)(C)OC(=O)N1CC(N(Cc2ccc(F)cc2)C(=O)CN2C(=O)N[C@]3(CCc4cc(Br)ccc43)C2=O)C(F)(F)C1. The number of hydrogen-bond acceptors (Lipinski definition) is 5. The van der Waals surface area contributed by atoms with E-state index in [1.807, 2.05) is 6.07 Å². The van der Waals surface area contributed by atoms with E-state index >= 15 is 8.78 Å². The molecule has 2 heterocycles. The van der Waals surface area contributed by atoms with Crippen molar-refractivity contribution < 1.29 is 37.1 Å². The van der Waals surface area contributed by atoms with Crippen LogP contribution in [0.25, 0.3) is 0 Å². The Morgan fingerprint density at radius 3 is 2.50 bits per heavy atom. The van der Waals surface area contributed by atoms with Gasteiger partial charge in [0.2, 0.25) is 5.91 Å². The van der Waals surface area contributed by atoms with Crippen molar-refractivity contribution in [1.29, 1.82) is 0 Å². The first kappa shape index (κ1) is 29.9. The summed E-state index contributed by atoms with van der Waals surface area (Å²) in [6, 6.07) is 7.73. The standard InChI is InChI=1S/C29H30BrF3N4O5/c1-27(2,3)42-26(41)35-14-22(29(32,33)16-35)36(13-17-4-7-20(31)8-5-17)23(38)15-37-24(39)28(34-25(37)40)11-10-18-12-19(30)6-9-21(18)28/h4-9,12,22H,10-11,13-16H2,1-3H3,(H,34,40)/t22?,28-/m0/s1. The first-order chi connectivity index (χ1) is 19.6. The number of rotatable bonds is 5. The van der Waals surface area contributed by atoms with E-state index in [9.17, 15) is 23.6 Å². The highest BCUT2D eigenvalue weighted by Crippen LogP contribution is 2.42. The highest BCUT2D eigenvalue weighted by molar-refractivity contribution is 9.10. The number of likely N-dealkylation sites (tertiary alicyclic amines) is 1. The molecule has 0 bridgehead atoms. The molecule has 224 valence electrons. The van der Waals surface area contributed by atoms with Gasteiger partial charge in [-0.05, 0) is 74.6 Å². The summed E-state index contributed by atoms with van der Waals surface area (Å²) >= 11 is 3.40. The summed E-state index contributed by atoms with van der Waals surface area (Å²) in [6.45, 7) is 2.12. The number of urea groups is 1. The van der Waals surface area contributed by atoms with Crippen molar-refractivity contribution in [3.8, 4) is 0 Å². The van der Waals surface area contributed by atoms with Crippen LogP contribution >= 0.6 is 15.9 Å². The second kappa shape index (κ2) is 10.6. The van der Waals surface area contributed by atoms with Crippen LogP contribution in [0.5, 0.6) is 0 Å². The highest BCUT2D eigenvalue weighted by atomic mass is 79.9. The molecular formula is C29H30BrF3N4O5. The van der Waals surface area contributed by atoms with Crippen LogP contribution in [0.15, 0.2) is 46.9 Å². The number of amides is 5. The normalized spacial score (nSPS) is 22.9. The van der Waals surface area contributed by atoms with E-state index < -0.39 is 72.5 Å². The van der Waals surface area contributed by atoms with Gasteiger partial charge in [0.1, 0.15) is 29.5 Å². The quantitative estimate of drug-likeness (QED) is 0.478. The Kier molecular flexibility index (Phi) is 7.53. The largest absolute Gasteiger partial charge is 0.444 e. The van der Waals surface area contributed by atoms with Gasteiger partial charge in [-0.3, -0.25) is 19.4 Å². The summed E-state index contributed by atoms with van der Waals surface area (Å²) in [5.74, 6) is -5.66. The molecular weight excluding hydrogens is 621 g/mol. The Balaban J connectivity index is 1.41. The lowest BCUT2D eigenvalue weighted by atomic mass is 9.92. The first-order valence-corrected chi connectivity index (χ1v) is 14.2. The summed E-state index contributed by atoms with van der Waals surface area (Å²) in [4.78, 5) is 55.5. The van der Waals surface area contributed by atoms with Crippen LogP contribution in [0.3, 0.4) is 0 Å². The number of nitrogens with zero attached hydrogens (tertiary/aromatic N) is 3. The monoisotopic (exact) mass is 650 g/mol. The fourth-order valence-electron chi connectivity index (χ4n) is 5.71. The van der Waals surface area contributed by atoms with Gasteiger partial charge in [0.05, 0.1) is 13.1 Å². The van der Waals surface area contributed by atoms with Crippen LogP contribution in [0, 0.1) is 5.82 Å². The number of benzene rings is 2. The van der Waals surface area contributed by atoms with Crippen LogP contribution in [0.1, 0.15) is 43.9 Å². The molecule has 1 spiro atoms. The summed E-state index contributed by atoms with van der Waals surface area (Å²) in [5.41, 5.74) is -0.433. The molecule has 2 aromatic carbocycles.